The van der Waals surface area contributed by atoms with Gasteiger partial charge < -0.3 is 0 Å². The van der Waals surface area contributed by atoms with E-state index in [4.69, 9.17) is 0 Å². The van der Waals surface area contributed by atoms with E-state index in [0.29, 0.717) is 0 Å². The third-order valence-electron chi connectivity index (χ3n) is 7.39. The van der Waals surface area contributed by atoms with Gasteiger partial charge in [-0.2, -0.15) is 0 Å². The van der Waals surface area contributed by atoms with Gasteiger partial charge in [-0.15, -0.1) is 11.3 Å². The molecule has 0 saturated heterocycles. The molecule has 38 heavy (non-hydrogen) atoms. The van der Waals surface area contributed by atoms with E-state index in [1.54, 1.807) is 0 Å². The molecule has 0 aliphatic rings. The largest absolute Gasteiger partial charge is 0.134 e. The zero-order valence-electron chi connectivity index (χ0n) is 21.2. The molecule has 180 valence electrons. The normalized spacial score (nSPS) is 11.3. The van der Waals surface area contributed by atoms with Crippen LogP contribution < -0.4 is 0 Å². The topological polar surface area (TPSA) is 0 Å². The molecule has 6 aromatic carbocycles. The third kappa shape index (κ3) is 4.02. The predicted octanol–water partition coefficient (Wildman–Crippen LogP) is 11.0. The van der Waals surface area contributed by atoms with E-state index in [0.717, 1.165) is 0 Å². The Morgan fingerprint density at radius 1 is 0.368 bits per heavy atom. The van der Waals surface area contributed by atoms with Gasteiger partial charge in [0.1, 0.15) is 0 Å². The van der Waals surface area contributed by atoms with E-state index >= 15 is 0 Å². The molecule has 7 rings (SSSR count). The van der Waals surface area contributed by atoms with Gasteiger partial charge >= 0.3 is 0 Å². The van der Waals surface area contributed by atoms with Crippen molar-refractivity contribution < 1.29 is 0 Å². The molecule has 0 saturated carbocycles. The highest BCUT2D eigenvalue weighted by Crippen LogP contribution is 2.44. The number of rotatable bonds is 4. The lowest BCUT2D eigenvalue weighted by Gasteiger charge is -2.08. The second kappa shape index (κ2) is 9.45. The van der Waals surface area contributed by atoms with Crippen LogP contribution in [0, 0.1) is 6.92 Å². The lowest BCUT2D eigenvalue weighted by Crippen LogP contribution is -1.83. The standard InChI is InChI=1S/C37H26S/c1-25-16-18-29(19-17-25)32-12-6-14-34-35-15-7-13-33(37(35)38-36(32)34)31-11-5-10-30(24-31)28-22-20-27(21-23-28)26-8-3-2-4-9-26/h2-24H,1H3. The van der Waals surface area contributed by atoms with Crippen LogP contribution in [0.3, 0.4) is 0 Å². The molecule has 1 aromatic heterocycles. The number of fused-ring (bicyclic) bond motifs is 3. The molecule has 0 spiro atoms. The number of hydrogen-bond acceptors (Lipinski definition) is 1. The van der Waals surface area contributed by atoms with Crippen molar-refractivity contribution in [2.75, 3.05) is 0 Å². The molecule has 0 fully saturated rings. The minimum atomic E-state index is 1.23. The first-order valence-corrected chi connectivity index (χ1v) is 13.8. The predicted molar refractivity (Wildman–Crippen MR) is 166 cm³/mol. The minimum Gasteiger partial charge on any atom is -0.134 e. The van der Waals surface area contributed by atoms with Crippen LogP contribution in [-0.4, -0.2) is 0 Å². The smallest absolute Gasteiger partial charge is 0.0434 e. The number of hydrogen-bond donors (Lipinski definition) is 0. The fourth-order valence-corrected chi connectivity index (χ4v) is 6.73. The maximum absolute atomic E-state index is 2.33. The van der Waals surface area contributed by atoms with Gasteiger partial charge in [0.05, 0.1) is 0 Å². The van der Waals surface area contributed by atoms with Gasteiger partial charge in [0.15, 0.2) is 0 Å². The molecule has 0 atom stereocenters. The molecule has 0 nitrogen and oxygen atoms in total. The molecule has 7 aromatic rings. The van der Waals surface area contributed by atoms with Gasteiger partial charge in [-0.3, -0.25) is 0 Å². The van der Waals surface area contributed by atoms with Crippen molar-refractivity contribution in [2.45, 2.75) is 6.92 Å². The van der Waals surface area contributed by atoms with Crippen LogP contribution in [0.2, 0.25) is 0 Å². The second-order valence-electron chi connectivity index (χ2n) is 9.86. The molecule has 1 heterocycles. The van der Waals surface area contributed by atoms with Crippen LogP contribution in [0.5, 0.6) is 0 Å². The second-order valence-corrected chi connectivity index (χ2v) is 10.9. The summed E-state index contributed by atoms with van der Waals surface area (Å²) in [5.41, 5.74) is 11.4. The fraction of sp³-hybridized carbons (Fsp3) is 0.0270. The Labute approximate surface area is 227 Å². The summed E-state index contributed by atoms with van der Waals surface area (Å²) in [6.45, 7) is 2.14. The summed E-state index contributed by atoms with van der Waals surface area (Å²) < 4.78 is 2.70. The quantitative estimate of drug-likeness (QED) is 0.224. The summed E-state index contributed by atoms with van der Waals surface area (Å²) in [6, 6.07) is 50.7. The first kappa shape index (κ1) is 22.7. The van der Waals surface area contributed by atoms with Gasteiger partial charge in [0, 0.05) is 20.2 Å². The van der Waals surface area contributed by atoms with E-state index in [-0.39, 0.29) is 0 Å². The Hall–Kier alpha value is -4.46. The molecule has 0 aliphatic carbocycles. The van der Waals surface area contributed by atoms with Gasteiger partial charge in [-0.1, -0.05) is 139 Å². The van der Waals surface area contributed by atoms with Crippen LogP contribution >= 0.6 is 11.3 Å². The lowest BCUT2D eigenvalue weighted by molar-refractivity contribution is 1.47. The van der Waals surface area contributed by atoms with E-state index < -0.39 is 0 Å². The first-order chi connectivity index (χ1) is 18.7. The highest BCUT2D eigenvalue weighted by Gasteiger charge is 2.14. The summed E-state index contributed by atoms with van der Waals surface area (Å²) in [6.07, 6.45) is 0. The maximum atomic E-state index is 2.33. The Balaban J connectivity index is 1.32. The third-order valence-corrected chi connectivity index (χ3v) is 8.67. The van der Waals surface area contributed by atoms with Crippen molar-refractivity contribution in [3.8, 4) is 44.5 Å². The monoisotopic (exact) mass is 502 g/mol. The first-order valence-electron chi connectivity index (χ1n) is 13.0. The fourth-order valence-electron chi connectivity index (χ4n) is 5.36. The van der Waals surface area contributed by atoms with E-state index in [9.17, 15) is 0 Å². The summed E-state index contributed by atoms with van der Waals surface area (Å²) in [5, 5.41) is 2.66. The summed E-state index contributed by atoms with van der Waals surface area (Å²) in [7, 11) is 0. The molecule has 0 radical (unpaired) electrons. The summed E-state index contributed by atoms with van der Waals surface area (Å²) >= 11 is 1.91. The van der Waals surface area contributed by atoms with Crippen molar-refractivity contribution >= 4 is 31.5 Å². The van der Waals surface area contributed by atoms with Crippen LogP contribution in [0.25, 0.3) is 64.7 Å². The van der Waals surface area contributed by atoms with Gasteiger partial charge in [0.2, 0.25) is 0 Å². The number of aryl methyl sites for hydroxylation is 1. The molecular weight excluding hydrogens is 476 g/mol. The van der Waals surface area contributed by atoms with Crippen molar-refractivity contribution in [3.63, 3.8) is 0 Å². The summed E-state index contributed by atoms with van der Waals surface area (Å²) in [4.78, 5) is 0. The van der Waals surface area contributed by atoms with E-state index in [2.05, 4.69) is 146 Å². The van der Waals surface area contributed by atoms with Crippen LogP contribution in [0.1, 0.15) is 5.56 Å². The van der Waals surface area contributed by atoms with Gasteiger partial charge in [0.25, 0.3) is 0 Å². The Morgan fingerprint density at radius 2 is 0.842 bits per heavy atom. The van der Waals surface area contributed by atoms with Crippen LogP contribution in [0.4, 0.5) is 0 Å². The zero-order chi connectivity index (χ0) is 25.5. The van der Waals surface area contributed by atoms with Crippen molar-refractivity contribution in [1.82, 2.24) is 0 Å². The Morgan fingerprint density at radius 3 is 1.50 bits per heavy atom. The molecule has 0 N–H and O–H groups in total. The molecule has 1 heteroatoms. The summed E-state index contributed by atoms with van der Waals surface area (Å²) in [5.74, 6) is 0. The van der Waals surface area contributed by atoms with Crippen LogP contribution in [0.15, 0.2) is 140 Å². The van der Waals surface area contributed by atoms with E-state index in [1.807, 2.05) is 11.3 Å². The van der Waals surface area contributed by atoms with E-state index in [1.165, 1.54) is 70.2 Å². The van der Waals surface area contributed by atoms with Gasteiger partial charge in [-0.05, 0) is 57.5 Å². The zero-order valence-corrected chi connectivity index (χ0v) is 22.0. The van der Waals surface area contributed by atoms with Crippen molar-refractivity contribution in [3.05, 3.63) is 145 Å². The average molecular weight is 503 g/mol. The Kier molecular flexibility index (Phi) is 5.65. The number of thiophene rings is 1. The highest BCUT2D eigenvalue weighted by atomic mass is 32.1. The van der Waals surface area contributed by atoms with Crippen molar-refractivity contribution in [1.29, 1.82) is 0 Å². The highest BCUT2D eigenvalue weighted by molar-refractivity contribution is 7.26. The minimum absolute atomic E-state index is 1.23. The Bertz CT molecular complexity index is 1890. The number of benzene rings is 6. The molecule has 0 unspecified atom stereocenters. The van der Waals surface area contributed by atoms with Crippen LogP contribution in [-0.2, 0) is 0 Å². The van der Waals surface area contributed by atoms with Crippen molar-refractivity contribution in [2.24, 2.45) is 0 Å². The SMILES string of the molecule is Cc1ccc(-c2cccc3c2sc2c(-c4cccc(-c5ccc(-c6ccccc6)cc5)c4)cccc23)cc1. The maximum Gasteiger partial charge on any atom is 0.0434 e. The van der Waals surface area contributed by atoms with Gasteiger partial charge in [-0.25, -0.2) is 0 Å². The molecule has 0 amide bonds. The molecule has 0 aliphatic heterocycles. The lowest BCUT2D eigenvalue weighted by atomic mass is 9.96. The molecule has 0 bridgehead atoms. The average Bonchev–Trinajstić information content (AvgIpc) is 3.37. The molecular formula is C37H26S.